The lowest BCUT2D eigenvalue weighted by Crippen LogP contribution is -2.50. The Balaban J connectivity index is 1.74. The van der Waals surface area contributed by atoms with Gasteiger partial charge in [-0.3, -0.25) is 4.90 Å². The first-order chi connectivity index (χ1) is 11.6. The molecule has 3 atom stereocenters. The molecule has 5 nitrogen and oxygen atoms in total. The molecule has 1 aromatic carbocycles. The Bertz CT molecular complexity index is 594. The van der Waals surface area contributed by atoms with Crippen molar-refractivity contribution in [3.05, 3.63) is 34.3 Å². The van der Waals surface area contributed by atoms with Crippen molar-refractivity contribution in [1.29, 1.82) is 0 Å². The van der Waals surface area contributed by atoms with Gasteiger partial charge in [0.1, 0.15) is 0 Å². The summed E-state index contributed by atoms with van der Waals surface area (Å²) < 4.78 is 11.4. The van der Waals surface area contributed by atoms with Crippen LogP contribution in [0.4, 0.5) is 0 Å². The molecule has 6 heteroatoms. The van der Waals surface area contributed by atoms with Crippen LogP contribution < -0.4 is 0 Å². The smallest absolute Gasteiger partial charge is 0.337 e. The first kappa shape index (κ1) is 17.7. The summed E-state index contributed by atoms with van der Waals surface area (Å²) in [5.74, 6) is -0.506. The Morgan fingerprint density at radius 2 is 2.29 bits per heavy atom. The average molecular weight is 354 g/mol. The van der Waals surface area contributed by atoms with Crippen LogP contribution in [0.15, 0.2) is 18.2 Å². The van der Waals surface area contributed by atoms with E-state index in [0.717, 1.165) is 38.3 Å². The number of carbonyl (C=O) groups is 1. The highest BCUT2D eigenvalue weighted by molar-refractivity contribution is 6.33. The second-order valence-corrected chi connectivity index (χ2v) is 7.01. The van der Waals surface area contributed by atoms with Gasteiger partial charge in [0.25, 0.3) is 0 Å². The molecule has 1 saturated heterocycles. The van der Waals surface area contributed by atoms with Gasteiger partial charge in [-0.2, -0.15) is 0 Å². The molecule has 0 radical (unpaired) electrons. The van der Waals surface area contributed by atoms with Crippen LogP contribution >= 0.6 is 11.6 Å². The molecule has 132 valence electrons. The zero-order chi connectivity index (χ0) is 17.1. The molecule has 0 spiro atoms. The number of methoxy groups -OCH3 is 1. The van der Waals surface area contributed by atoms with Crippen LogP contribution in [0.1, 0.15) is 35.2 Å². The first-order valence-corrected chi connectivity index (χ1v) is 8.84. The third-order valence-corrected chi connectivity index (χ3v) is 5.54. The molecule has 3 rings (SSSR count). The van der Waals surface area contributed by atoms with E-state index in [4.69, 9.17) is 26.2 Å². The van der Waals surface area contributed by atoms with Crippen LogP contribution in [-0.4, -0.2) is 55.0 Å². The molecule has 1 saturated carbocycles. The number of rotatable bonds is 5. The molecule has 3 unspecified atom stereocenters. The molecule has 2 aliphatic rings. The minimum atomic E-state index is -0.996. The van der Waals surface area contributed by atoms with E-state index >= 15 is 0 Å². The van der Waals surface area contributed by atoms with Crippen molar-refractivity contribution in [2.75, 3.05) is 26.9 Å². The summed E-state index contributed by atoms with van der Waals surface area (Å²) in [6, 6.07) is 5.54. The molecule has 0 amide bonds. The quantitative estimate of drug-likeness (QED) is 0.881. The normalized spacial score (nSPS) is 28.2. The van der Waals surface area contributed by atoms with E-state index in [1.807, 2.05) is 6.07 Å². The minimum Gasteiger partial charge on any atom is -0.478 e. The number of aromatic carboxylic acids is 1. The number of carboxylic acids is 1. The molecule has 1 aliphatic carbocycles. The van der Waals surface area contributed by atoms with Gasteiger partial charge < -0.3 is 14.6 Å². The van der Waals surface area contributed by atoms with E-state index < -0.39 is 5.97 Å². The summed E-state index contributed by atoms with van der Waals surface area (Å²) in [5.41, 5.74) is 1.18. The van der Waals surface area contributed by atoms with E-state index in [9.17, 15) is 4.79 Å². The van der Waals surface area contributed by atoms with Gasteiger partial charge in [0.2, 0.25) is 0 Å². The molecule has 24 heavy (non-hydrogen) atoms. The van der Waals surface area contributed by atoms with Crippen molar-refractivity contribution in [3.8, 4) is 0 Å². The van der Waals surface area contributed by atoms with Crippen molar-refractivity contribution in [2.24, 2.45) is 5.92 Å². The summed E-state index contributed by atoms with van der Waals surface area (Å²) in [6.45, 7) is 3.07. The van der Waals surface area contributed by atoms with E-state index in [1.54, 1.807) is 19.2 Å². The number of ether oxygens (including phenoxy) is 2. The Hall–Kier alpha value is -1.14. The molecule has 0 bridgehead atoms. The largest absolute Gasteiger partial charge is 0.478 e. The van der Waals surface area contributed by atoms with Crippen molar-refractivity contribution < 1.29 is 19.4 Å². The highest BCUT2D eigenvalue weighted by Gasteiger charge is 2.38. The Labute approximate surface area is 147 Å². The second kappa shape index (κ2) is 7.83. The van der Waals surface area contributed by atoms with Crippen molar-refractivity contribution in [2.45, 2.75) is 38.0 Å². The molecular weight excluding hydrogens is 330 g/mol. The number of hydrogen-bond acceptors (Lipinski definition) is 4. The lowest BCUT2D eigenvalue weighted by atomic mass is 9.93. The lowest BCUT2D eigenvalue weighted by Gasteiger charge is -2.40. The summed E-state index contributed by atoms with van der Waals surface area (Å²) >= 11 is 6.11. The summed E-state index contributed by atoms with van der Waals surface area (Å²) in [4.78, 5) is 13.5. The van der Waals surface area contributed by atoms with Crippen molar-refractivity contribution >= 4 is 17.6 Å². The molecular formula is C18H24ClNO4. The molecule has 1 aromatic rings. The van der Waals surface area contributed by atoms with Gasteiger partial charge in [0.05, 0.1) is 29.9 Å². The van der Waals surface area contributed by atoms with Gasteiger partial charge in [-0.1, -0.05) is 24.1 Å². The Kier molecular flexibility index (Phi) is 5.76. The second-order valence-electron chi connectivity index (χ2n) is 6.60. The van der Waals surface area contributed by atoms with Crippen molar-refractivity contribution in [1.82, 2.24) is 4.90 Å². The molecule has 1 N–H and O–H groups in total. The molecule has 0 aromatic heterocycles. The maximum Gasteiger partial charge on any atom is 0.337 e. The van der Waals surface area contributed by atoms with Gasteiger partial charge >= 0.3 is 5.97 Å². The van der Waals surface area contributed by atoms with E-state index in [0.29, 0.717) is 23.1 Å². The SMILES string of the molecule is COC1CCCC1C1COCCN1Cc1ccc(C(=O)O)c(Cl)c1. The average Bonchev–Trinajstić information content (AvgIpc) is 3.03. The fourth-order valence-electron chi connectivity index (χ4n) is 4.00. The molecule has 2 fully saturated rings. The highest BCUT2D eigenvalue weighted by Crippen LogP contribution is 2.34. The van der Waals surface area contributed by atoms with Crippen LogP contribution in [0.5, 0.6) is 0 Å². The fourth-order valence-corrected chi connectivity index (χ4v) is 4.28. The molecule has 1 heterocycles. The Morgan fingerprint density at radius 1 is 1.46 bits per heavy atom. The summed E-state index contributed by atoms with van der Waals surface area (Å²) in [7, 11) is 1.79. The monoisotopic (exact) mass is 353 g/mol. The number of benzene rings is 1. The van der Waals surface area contributed by atoms with E-state index in [2.05, 4.69) is 4.90 Å². The standard InChI is InChI=1S/C18H24ClNO4/c1-23-17-4-2-3-14(17)16-11-24-8-7-20(16)10-12-5-6-13(18(21)22)15(19)9-12/h5-6,9,14,16-17H,2-4,7-8,10-11H2,1H3,(H,21,22). The van der Waals surface area contributed by atoms with Gasteiger partial charge in [-0.05, 0) is 30.5 Å². The zero-order valence-corrected chi connectivity index (χ0v) is 14.7. The fraction of sp³-hybridized carbons (Fsp3) is 0.611. The number of nitrogens with zero attached hydrogens (tertiary/aromatic N) is 1. The predicted molar refractivity (Wildman–Crippen MR) is 91.6 cm³/mol. The predicted octanol–water partition coefficient (Wildman–Crippen LogP) is 3.05. The highest BCUT2D eigenvalue weighted by atomic mass is 35.5. The number of carboxylic acid groups (broad SMARTS) is 1. The van der Waals surface area contributed by atoms with Gasteiger partial charge in [0, 0.05) is 32.2 Å². The lowest BCUT2D eigenvalue weighted by molar-refractivity contribution is -0.0608. The topological polar surface area (TPSA) is 59.0 Å². The van der Waals surface area contributed by atoms with Crippen LogP contribution in [0.3, 0.4) is 0 Å². The van der Waals surface area contributed by atoms with Gasteiger partial charge in [-0.25, -0.2) is 4.79 Å². The maximum atomic E-state index is 11.1. The maximum absolute atomic E-state index is 11.1. The van der Waals surface area contributed by atoms with E-state index in [1.165, 1.54) is 12.8 Å². The minimum absolute atomic E-state index is 0.147. The van der Waals surface area contributed by atoms with Gasteiger partial charge in [-0.15, -0.1) is 0 Å². The third-order valence-electron chi connectivity index (χ3n) is 5.23. The Morgan fingerprint density at radius 3 is 3.00 bits per heavy atom. The van der Waals surface area contributed by atoms with Crippen LogP contribution in [-0.2, 0) is 16.0 Å². The van der Waals surface area contributed by atoms with Crippen LogP contribution in [0.25, 0.3) is 0 Å². The van der Waals surface area contributed by atoms with Crippen LogP contribution in [0, 0.1) is 5.92 Å². The van der Waals surface area contributed by atoms with Crippen LogP contribution in [0.2, 0.25) is 5.02 Å². The summed E-state index contributed by atoms with van der Waals surface area (Å²) in [5, 5.41) is 9.39. The van der Waals surface area contributed by atoms with Crippen molar-refractivity contribution in [3.63, 3.8) is 0 Å². The number of hydrogen-bond donors (Lipinski definition) is 1. The third kappa shape index (κ3) is 3.75. The first-order valence-electron chi connectivity index (χ1n) is 8.46. The number of halogens is 1. The molecule has 1 aliphatic heterocycles. The van der Waals surface area contributed by atoms with Gasteiger partial charge in [0.15, 0.2) is 0 Å². The zero-order valence-electron chi connectivity index (χ0n) is 13.9. The number of morpholine rings is 1. The summed E-state index contributed by atoms with van der Waals surface area (Å²) in [6.07, 6.45) is 3.79. The van der Waals surface area contributed by atoms with E-state index in [-0.39, 0.29) is 5.56 Å².